The molecular weight excluding hydrogens is 239 g/mol. The lowest BCUT2D eigenvalue weighted by molar-refractivity contribution is -0.201. The second-order valence-corrected chi connectivity index (χ2v) is 3.57. The molecule has 1 aromatic rings. The van der Waals surface area contributed by atoms with Gasteiger partial charge in [-0.25, -0.2) is 0 Å². The van der Waals surface area contributed by atoms with Crippen LogP contribution in [0.5, 0.6) is 0 Å². The van der Waals surface area contributed by atoms with Crippen LogP contribution in [0, 0.1) is 6.92 Å². The third kappa shape index (κ3) is 3.45. The van der Waals surface area contributed by atoms with Crippen molar-refractivity contribution in [3.05, 3.63) is 17.5 Å². The fourth-order valence-corrected chi connectivity index (χ4v) is 1.22. The number of carbonyl (C=O) groups excluding carboxylic acids is 1. The summed E-state index contributed by atoms with van der Waals surface area (Å²) in [6, 6.07) is 0. The molecule has 2 N–H and O–H groups in total. The van der Waals surface area contributed by atoms with Gasteiger partial charge >= 0.3 is 6.18 Å². The lowest BCUT2D eigenvalue weighted by Gasteiger charge is -2.14. The van der Waals surface area contributed by atoms with Crippen molar-refractivity contribution in [2.24, 2.45) is 7.05 Å². The molecule has 0 aliphatic rings. The molecule has 1 rings (SSSR count). The van der Waals surface area contributed by atoms with Crippen molar-refractivity contribution in [2.75, 3.05) is 6.54 Å². The number of rotatable bonds is 3. The van der Waals surface area contributed by atoms with E-state index < -0.39 is 24.7 Å². The quantitative estimate of drug-likeness (QED) is 0.816. The molecule has 0 bridgehead atoms. The molecule has 1 aromatic heterocycles. The van der Waals surface area contributed by atoms with E-state index in [1.54, 1.807) is 14.0 Å². The van der Waals surface area contributed by atoms with Gasteiger partial charge in [-0.05, 0) is 6.92 Å². The van der Waals surface area contributed by atoms with Gasteiger partial charge in [-0.2, -0.15) is 18.3 Å². The Morgan fingerprint density at radius 3 is 2.65 bits per heavy atom. The number of aliphatic hydroxyl groups excluding tert-OH is 1. The van der Waals surface area contributed by atoms with Crippen molar-refractivity contribution in [1.82, 2.24) is 15.1 Å². The Labute approximate surface area is 95.2 Å². The zero-order chi connectivity index (χ0) is 13.2. The smallest absolute Gasteiger partial charge is 0.382 e. The molecule has 0 aliphatic heterocycles. The number of amides is 1. The Morgan fingerprint density at radius 1 is 1.65 bits per heavy atom. The molecule has 0 radical (unpaired) electrons. The summed E-state index contributed by atoms with van der Waals surface area (Å²) in [5.41, 5.74) is 0.591. The normalized spacial score (nSPS) is 13.5. The van der Waals surface area contributed by atoms with Crippen LogP contribution < -0.4 is 5.32 Å². The van der Waals surface area contributed by atoms with E-state index in [1.165, 1.54) is 10.9 Å². The molecule has 1 heterocycles. The van der Waals surface area contributed by atoms with E-state index in [9.17, 15) is 18.0 Å². The second kappa shape index (κ2) is 4.74. The van der Waals surface area contributed by atoms with Gasteiger partial charge in [0.05, 0.1) is 17.8 Å². The molecule has 1 unspecified atom stereocenters. The minimum atomic E-state index is -4.74. The molecule has 96 valence electrons. The van der Waals surface area contributed by atoms with Gasteiger partial charge in [0.1, 0.15) is 0 Å². The number of hydrogen-bond acceptors (Lipinski definition) is 3. The molecule has 0 aliphatic carbocycles. The molecular formula is C9H12F3N3O2. The number of nitrogens with zero attached hydrogens (tertiary/aromatic N) is 2. The average Bonchev–Trinajstić information content (AvgIpc) is 2.52. The fraction of sp³-hybridized carbons (Fsp3) is 0.556. The topological polar surface area (TPSA) is 67.2 Å². The van der Waals surface area contributed by atoms with Crippen molar-refractivity contribution >= 4 is 5.91 Å². The first-order valence-corrected chi connectivity index (χ1v) is 4.75. The van der Waals surface area contributed by atoms with E-state index in [4.69, 9.17) is 5.11 Å². The average molecular weight is 251 g/mol. The van der Waals surface area contributed by atoms with Crippen molar-refractivity contribution < 1.29 is 23.1 Å². The summed E-state index contributed by atoms with van der Waals surface area (Å²) in [4.78, 5) is 11.5. The number of aryl methyl sites for hydroxylation is 2. The SMILES string of the molecule is Cc1nn(C)cc1C(=O)NCC(O)C(F)(F)F. The third-order valence-corrected chi connectivity index (χ3v) is 2.09. The number of halogens is 3. The molecule has 0 saturated heterocycles. The van der Waals surface area contributed by atoms with Crippen LogP contribution in [0.4, 0.5) is 13.2 Å². The zero-order valence-electron chi connectivity index (χ0n) is 9.25. The van der Waals surface area contributed by atoms with Crippen molar-refractivity contribution in [2.45, 2.75) is 19.2 Å². The van der Waals surface area contributed by atoms with Crippen LogP contribution in [0.25, 0.3) is 0 Å². The molecule has 8 heteroatoms. The number of nitrogens with one attached hydrogen (secondary N) is 1. The first-order chi connectivity index (χ1) is 7.71. The van der Waals surface area contributed by atoms with Crippen LogP contribution in [0.15, 0.2) is 6.20 Å². The van der Waals surface area contributed by atoms with Crippen LogP contribution in [0.3, 0.4) is 0 Å². The summed E-state index contributed by atoms with van der Waals surface area (Å²) in [6.07, 6.45) is -5.91. The highest BCUT2D eigenvalue weighted by atomic mass is 19.4. The summed E-state index contributed by atoms with van der Waals surface area (Å²) in [7, 11) is 1.59. The molecule has 0 spiro atoms. The van der Waals surface area contributed by atoms with Gasteiger partial charge in [0, 0.05) is 13.2 Å². The molecule has 0 saturated carbocycles. The molecule has 0 fully saturated rings. The van der Waals surface area contributed by atoms with E-state index >= 15 is 0 Å². The zero-order valence-corrected chi connectivity index (χ0v) is 9.25. The van der Waals surface area contributed by atoms with Crippen molar-refractivity contribution in [3.63, 3.8) is 0 Å². The Morgan fingerprint density at radius 2 is 2.24 bits per heavy atom. The highest BCUT2D eigenvalue weighted by Gasteiger charge is 2.38. The maximum absolute atomic E-state index is 12.0. The van der Waals surface area contributed by atoms with E-state index in [2.05, 4.69) is 5.10 Å². The minimum Gasteiger partial charge on any atom is -0.382 e. The Balaban J connectivity index is 2.60. The lowest BCUT2D eigenvalue weighted by Crippen LogP contribution is -2.40. The Bertz CT molecular complexity index is 414. The number of alkyl halides is 3. The van der Waals surface area contributed by atoms with Gasteiger partial charge in [0.15, 0.2) is 6.10 Å². The van der Waals surface area contributed by atoms with E-state index in [1.807, 2.05) is 5.32 Å². The van der Waals surface area contributed by atoms with Crippen LogP contribution in [-0.4, -0.2) is 39.6 Å². The predicted octanol–water partition coefficient (Wildman–Crippen LogP) is 0.382. The fourth-order valence-electron chi connectivity index (χ4n) is 1.22. The first-order valence-electron chi connectivity index (χ1n) is 4.75. The van der Waals surface area contributed by atoms with E-state index in [0.717, 1.165) is 0 Å². The van der Waals surface area contributed by atoms with Gasteiger partial charge in [0.25, 0.3) is 5.91 Å². The Hall–Kier alpha value is -1.57. The van der Waals surface area contributed by atoms with Crippen LogP contribution in [0.1, 0.15) is 16.1 Å². The summed E-state index contributed by atoms with van der Waals surface area (Å²) < 4.78 is 37.3. The van der Waals surface area contributed by atoms with Crippen molar-refractivity contribution in [3.8, 4) is 0 Å². The standard InChI is InChI=1S/C9H12F3N3O2/c1-5-6(4-15(2)14-5)8(17)13-3-7(16)9(10,11)12/h4,7,16H,3H2,1-2H3,(H,13,17). The van der Waals surface area contributed by atoms with Gasteiger partial charge in [-0.3, -0.25) is 9.48 Å². The summed E-state index contributed by atoms with van der Waals surface area (Å²) in [6.45, 7) is 0.686. The van der Waals surface area contributed by atoms with Crippen molar-refractivity contribution in [1.29, 1.82) is 0 Å². The number of aromatic nitrogens is 2. The summed E-state index contributed by atoms with van der Waals surface area (Å²) >= 11 is 0. The second-order valence-electron chi connectivity index (χ2n) is 3.57. The Kier molecular flexibility index (Phi) is 3.76. The van der Waals surface area contributed by atoms with Gasteiger partial charge in [-0.1, -0.05) is 0 Å². The van der Waals surface area contributed by atoms with Gasteiger partial charge < -0.3 is 10.4 Å². The summed E-state index contributed by atoms with van der Waals surface area (Å²) in [5, 5.41) is 14.6. The first kappa shape index (κ1) is 13.5. The monoisotopic (exact) mass is 251 g/mol. The molecule has 1 amide bonds. The van der Waals surface area contributed by atoms with Crippen LogP contribution in [0.2, 0.25) is 0 Å². The van der Waals surface area contributed by atoms with Crippen LogP contribution in [-0.2, 0) is 7.05 Å². The maximum Gasteiger partial charge on any atom is 0.416 e. The van der Waals surface area contributed by atoms with Crippen LogP contribution >= 0.6 is 0 Å². The van der Waals surface area contributed by atoms with Gasteiger partial charge in [0.2, 0.25) is 0 Å². The van der Waals surface area contributed by atoms with E-state index in [-0.39, 0.29) is 5.56 Å². The third-order valence-electron chi connectivity index (χ3n) is 2.09. The highest BCUT2D eigenvalue weighted by molar-refractivity contribution is 5.94. The molecule has 5 nitrogen and oxygen atoms in total. The largest absolute Gasteiger partial charge is 0.416 e. The minimum absolute atomic E-state index is 0.182. The molecule has 1 atom stereocenters. The van der Waals surface area contributed by atoms with E-state index in [0.29, 0.717) is 5.69 Å². The molecule has 0 aromatic carbocycles. The lowest BCUT2D eigenvalue weighted by atomic mass is 10.2. The highest BCUT2D eigenvalue weighted by Crippen LogP contribution is 2.19. The number of hydrogen-bond donors (Lipinski definition) is 2. The number of carbonyl (C=O) groups is 1. The number of aliphatic hydroxyl groups is 1. The summed E-state index contributed by atoms with van der Waals surface area (Å²) in [5.74, 6) is -0.695. The maximum atomic E-state index is 12.0. The molecule has 17 heavy (non-hydrogen) atoms. The van der Waals surface area contributed by atoms with Gasteiger partial charge in [-0.15, -0.1) is 0 Å². The predicted molar refractivity (Wildman–Crippen MR) is 52.3 cm³/mol.